The van der Waals surface area contributed by atoms with Crippen LogP contribution in [-0.4, -0.2) is 52.0 Å². The molecule has 3 aromatic rings. The Bertz CT molecular complexity index is 931. The lowest BCUT2D eigenvalue weighted by atomic mass is 10.1. The van der Waals surface area contributed by atoms with Crippen molar-refractivity contribution in [2.45, 2.75) is 13.0 Å². The van der Waals surface area contributed by atoms with Crippen molar-refractivity contribution in [3.8, 4) is 11.4 Å². The van der Waals surface area contributed by atoms with Gasteiger partial charge in [-0.1, -0.05) is 35.5 Å². The molecule has 0 aliphatic carbocycles. The zero-order valence-electron chi connectivity index (χ0n) is 15.8. The molecule has 0 radical (unpaired) electrons. The van der Waals surface area contributed by atoms with E-state index in [1.165, 1.54) is 0 Å². The smallest absolute Gasteiger partial charge is 0.253 e. The number of hydrogen-bond acceptors (Lipinski definition) is 6. The van der Waals surface area contributed by atoms with E-state index in [4.69, 9.17) is 10.3 Å². The summed E-state index contributed by atoms with van der Waals surface area (Å²) in [6.45, 7) is 4.88. The number of benzene rings is 2. The number of anilines is 1. The molecule has 7 nitrogen and oxygen atoms in total. The van der Waals surface area contributed by atoms with Gasteiger partial charge in [0.25, 0.3) is 5.91 Å². The quantitative estimate of drug-likeness (QED) is 0.704. The lowest BCUT2D eigenvalue weighted by molar-refractivity contribution is 0.0551. The fourth-order valence-corrected chi connectivity index (χ4v) is 3.39. The summed E-state index contributed by atoms with van der Waals surface area (Å²) in [6.07, 6.45) is 0. The number of nitrogens with two attached hydrogens (primary N) is 1. The van der Waals surface area contributed by atoms with Crippen LogP contribution >= 0.6 is 0 Å². The van der Waals surface area contributed by atoms with E-state index >= 15 is 0 Å². The molecule has 1 fully saturated rings. The van der Waals surface area contributed by atoms with Crippen LogP contribution in [0.4, 0.5) is 5.69 Å². The molecule has 7 heteroatoms. The summed E-state index contributed by atoms with van der Waals surface area (Å²) in [5, 5.41) is 4.10. The number of carbonyl (C=O) groups excluding carboxylic acids is 1. The Kier molecular flexibility index (Phi) is 5.08. The number of piperazine rings is 1. The molecule has 0 saturated carbocycles. The van der Waals surface area contributed by atoms with Crippen molar-refractivity contribution in [1.29, 1.82) is 0 Å². The second kappa shape index (κ2) is 7.82. The van der Waals surface area contributed by atoms with Gasteiger partial charge in [-0.2, -0.15) is 4.98 Å². The molecule has 0 spiro atoms. The molecule has 2 heterocycles. The summed E-state index contributed by atoms with van der Waals surface area (Å²) in [4.78, 5) is 21.3. The topological polar surface area (TPSA) is 88.5 Å². The average molecular weight is 377 g/mol. The van der Waals surface area contributed by atoms with Crippen LogP contribution in [-0.2, 0) is 0 Å². The Morgan fingerprint density at radius 3 is 2.39 bits per heavy atom. The van der Waals surface area contributed by atoms with Crippen LogP contribution in [0.3, 0.4) is 0 Å². The van der Waals surface area contributed by atoms with Crippen molar-refractivity contribution < 1.29 is 9.32 Å². The van der Waals surface area contributed by atoms with Crippen molar-refractivity contribution in [2.75, 3.05) is 31.9 Å². The number of hydrogen-bond donors (Lipinski definition) is 1. The molecule has 1 saturated heterocycles. The zero-order valence-corrected chi connectivity index (χ0v) is 15.8. The normalized spacial score (nSPS) is 16.1. The molecule has 4 rings (SSSR count). The van der Waals surface area contributed by atoms with E-state index < -0.39 is 0 Å². The van der Waals surface area contributed by atoms with Crippen molar-refractivity contribution in [3.05, 3.63) is 66.1 Å². The number of nitrogens with zero attached hydrogens (tertiary/aromatic N) is 4. The number of nitrogen functional groups attached to an aromatic ring is 1. The third-order valence-corrected chi connectivity index (χ3v) is 5.14. The molecule has 1 aliphatic rings. The first-order valence-electron chi connectivity index (χ1n) is 9.40. The molecular formula is C21H23N5O2. The van der Waals surface area contributed by atoms with E-state index in [1.54, 1.807) is 24.3 Å². The molecule has 1 amide bonds. The van der Waals surface area contributed by atoms with Crippen LogP contribution in [0.1, 0.15) is 29.2 Å². The lowest BCUT2D eigenvalue weighted by Crippen LogP contribution is -2.49. The van der Waals surface area contributed by atoms with Crippen molar-refractivity contribution >= 4 is 11.6 Å². The van der Waals surface area contributed by atoms with E-state index in [9.17, 15) is 4.79 Å². The average Bonchev–Trinajstić information content (AvgIpc) is 3.24. The Hall–Kier alpha value is -3.19. The van der Waals surface area contributed by atoms with Crippen LogP contribution in [0.2, 0.25) is 0 Å². The number of rotatable bonds is 4. The summed E-state index contributed by atoms with van der Waals surface area (Å²) in [6, 6.07) is 16.8. The highest BCUT2D eigenvalue weighted by atomic mass is 16.5. The predicted octanol–water partition coefficient (Wildman–Crippen LogP) is 2.84. The van der Waals surface area contributed by atoms with Crippen LogP contribution in [0.25, 0.3) is 11.4 Å². The van der Waals surface area contributed by atoms with E-state index in [0.717, 1.165) is 18.7 Å². The Morgan fingerprint density at radius 2 is 1.71 bits per heavy atom. The van der Waals surface area contributed by atoms with Gasteiger partial charge < -0.3 is 15.2 Å². The third kappa shape index (κ3) is 3.75. The van der Waals surface area contributed by atoms with Crippen molar-refractivity contribution in [3.63, 3.8) is 0 Å². The first kappa shape index (κ1) is 18.2. The maximum Gasteiger partial charge on any atom is 0.253 e. The van der Waals surface area contributed by atoms with Gasteiger partial charge in [0, 0.05) is 43.0 Å². The van der Waals surface area contributed by atoms with Gasteiger partial charge in [0.2, 0.25) is 11.7 Å². The highest BCUT2D eigenvalue weighted by Crippen LogP contribution is 2.23. The maximum atomic E-state index is 12.6. The number of amides is 1. The Morgan fingerprint density at radius 1 is 1.04 bits per heavy atom. The first-order valence-corrected chi connectivity index (χ1v) is 9.40. The Balaban J connectivity index is 1.38. The second-order valence-corrected chi connectivity index (χ2v) is 6.95. The van der Waals surface area contributed by atoms with Gasteiger partial charge in [-0.25, -0.2) is 0 Å². The van der Waals surface area contributed by atoms with E-state index in [2.05, 4.69) is 22.0 Å². The molecule has 0 bridgehead atoms. The van der Waals surface area contributed by atoms with Gasteiger partial charge >= 0.3 is 0 Å². The first-order chi connectivity index (χ1) is 13.6. The van der Waals surface area contributed by atoms with Crippen LogP contribution in [0.15, 0.2) is 59.1 Å². The summed E-state index contributed by atoms with van der Waals surface area (Å²) in [5.74, 6) is 1.23. The van der Waals surface area contributed by atoms with Gasteiger partial charge in [0.1, 0.15) is 0 Å². The molecule has 28 heavy (non-hydrogen) atoms. The third-order valence-electron chi connectivity index (χ3n) is 5.14. The minimum absolute atomic E-state index is 0.00117. The molecular weight excluding hydrogens is 354 g/mol. The highest BCUT2D eigenvalue weighted by Gasteiger charge is 2.28. The standard InChI is InChI=1S/C21H23N5O2/c1-15(20-23-19(24-28-20)16-5-3-2-4-6-16)25-11-13-26(14-12-25)21(27)17-7-9-18(22)10-8-17/h2-10,15H,11-14,22H2,1H3. The minimum Gasteiger partial charge on any atom is -0.399 e. The maximum absolute atomic E-state index is 12.6. The SMILES string of the molecule is CC(c1nc(-c2ccccc2)no1)N1CCN(C(=O)c2ccc(N)cc2)CC1. The minimum atomic E-state index is -0.00117. The lowest BCUT2D eigenvalue weighted by Gasteiger charge is -2.36. The molecule has 2 aromatic carbocycles. The van der Waals surface area contributed by atoms with E-state index in [1.807, 2.05) is 35.2 Å². The molecule has 1 unspecified atom stereocenters. The van der Waals surface area contributed by atoms with E-state index in [0.29, 0.717) is 36.1 Å². The van der Waals surface area contributed by atoms with Crippen molar-refractivity contribution in [2.24, 2.45) is 0 Å². The van der Waals surface area contributed by atoms with Crippen LogP contribution < -0.4 is 5.73 Å². The van der Waals surface area contributed by atoms with Crippen LogP contribution in [0, 0.1) is 0 Å². The second-order valence-electron chi connectivity index (χ2n) is 6.95. The van der Waals surface area contributed by atoms with Crippen LogP contribution in [0.5, 0.6) is 0 Å². The van der Waals surface area contributed by atoms with Gasteiger partial charge in [0.15, 0.2) is 0 Å². The summed E-state index contributed by atoms with van der Waals surface area (Å²) in [7, 11) is 0. The van der Waals surface area contributed by atoms with Gasteiger partial charge in [0.05, 0.1) is 6.04 Å². The van der Waals surface area contributed by atoms with Gasteiger partial charge in [-0.15, -0.1) is 0 Å². The molecule has 1 atom stereocenters. The summed E-state index contributed by atoms with van der Waals surface area (Å²) in [5.41, 5.74) is 7.96. The fourth-order valence-electron chi connectivity index (χ4n) is 3.39. The van der Waals surface area contributed by atoms with Gasteiger partial charge in [-0.3, -0.25) is 9.69 Å². The summed E-state index contributed by atoms with van der Waals surface area (Å²) < 4.78 is 5.49. The summed E-state index contributed by atoms with van der Waals surface area (Å²) >= 11 is 0. The molecule has 144 valence electrons. The monoisotopic (exact) mass is 377 g/mol. The zero-order chi connectivity index (χ0) is 19.5. The fraction of sp³-hybridized carbons (Fsp3) is 0.286. The van der Waals surface area contributed by atoms with E-state index in [-0.39, 0.29) is 11.9 Å². The molecule has 2 N–H and O–H groups in total. The predicted molar refractivity (Wildman–Crippen MR) is 106 cm³/mol. The van der Waals surface area contributed by atoms with Gasteiger partial charge in [-0.05, 0) is 31.2 Å². The van der Waals surface area contributed by atoms with Crippen molar-refractivity contribution in [1.82, 2.24) is 19.9 Å². The molecule has 1 aliphatic heterocycles. The molecule has 1 aromatic heterocycles. The highest BCUT2D eigenvalue weighted by molar-refractivity contribution is 5.94. The Labute approximate surface area is 163 Å². The largest absolute Gasteiger partial charge is 0.399 e. The number of carbonyl (C=O) groups is 1. The number of aromatic nitrogens is 2.